The van der Waals surface area contributed by atoms with E-state index in [1.165, 1.54) is 43.3 Å². The number of benzene rings is 1. The number of aromatic amines is 2. The van der Waals surface area contributed by atoms with Crippen LogP contribution in [0.15, 0.2) is 34.7 Å². The van der Waals surface area contributed by atoms with Crippen molar-refractivity contribution >= 4 is 39.2 Å². The molecule has 0 amide bonds. The van der Waals surface area contributed by atoms with Crippen LogP contribution in [-0.2, 0) is 13.0 Å². The van der Waals surface area contributed by atoms with E-state index in [0.717, 1.165) is 47.5 Å². The Hall–Kier alpha value is -2.71. The Kier molecular flexibility index (Phi) is 5.99. The third-order valence-corrected chi connectivity index (χ3v) is 7.08. The van der Waals surface area contributed by atoms with Gasteiger partial charge < -0.3 is 20.6 Å². The molecule has 0 unspecified atom stereocenters. The van der Waals surface area contributed by atoms with Crippen LogP contribution in [0.3, 0.4) is 0 Å². The largest absolute Gasteiger partial charge is 0.351 e. The summed E-state index contributed by atoms with van der Waals surface area (Å²) in [7, 11) is 0. The molecule has 3 aromatic heterocycles. The molecule has 5 rings (SSSR count). The van der Waals surface area contributed by atoms with Crippen molar-refractivity contribution in [3.63, 3.8) is 0 Å². The molecule has 4 aromatic rings. The fourth-order valence-electron chi connectivity index (χ4n) is 4.58. The topological polar surface area (TPSA) is 98.5 Å². The minimum Gasteiger partial charge on any atom is -0.351 e. The molecule has 0 saturated heterocycles. The molecule has 3 heterocycles. The van der Waals surface area contributed by atoms with Crippen LogP contribution >= 0.6 is 11.3 Å². The van der Waals surface area contributed by atoms with E-state index >= 15 is 0 Å². The number of hydrogen-bond acceptors (Lipinski definition) is 6. The number of nitrogens with zero attached hydrogens (tertiary/aromatic N) is 2. The molecular weight excluding hydrogens is 408 g/mol. The standard InChI is InChI=1S/C23H28N6OS/c30-22-18-11-19-21(29-23(28-19)25-13-16-7-4-10-31-16)17(20(18)26-14-27-22)8-9-24-12-15-5-2-1-3-6-15/h4,7,10-11,14-15,24H,1-3,5-6,8-9,12-13H2,(H2,25,28,29)(H,26,27,30). The van der Waals surface area contributed by atoms with Gasteiger partial charge >= 0.3 is 0 Å². The lowest BCUT2D eigenvalue weighted by Crippen LogP contribution is -2.26. The molecule has 8 heteroatoms. The molecule has 1 aliphatic carbocycles. The van der Waals surface area contributed by atoms with Gasteiger partial charge in [-0.25, -0.2) is 9.97 Å². The van der Waals surface area contributed by atoms with Crippen LogP contribution in [0.5, 0.6) is 0 Å². The number of H-pyrrole nitrogens is 2. The van der Waals surface area contributed by atoms with Gasteiger partial charge in [-0.2, -0.15) is 0 Å². The maximum Gasteiger partial charge on any atom is 0.258 e. The fraction of sp³-hybridized carbons (Fsp3) is 0.435. The summed E-state index contributed by atoms with van der Waals surface area (Å²) in [5.74, 6) is 1.51. The number of imidazole rings is 1. The van der Waals surface area contributed by atoms with Crippen molar-refractivity contribution in [3.05, 3.63) is 50.7 Å². The Morgan fingerprint density at radius 3 is 2.94 bits per heavy atom. The van der Waals surface area contributed by atoms with E-state index in [1.807, 2.05) is 12.1 Å². The summed E-state index contributed by atoms with van der Waals surface area (Å²) in [6.07, 6.45) is 9.04. The molecule has 31 heavy (non-hydrogen) atoms. The van der Waals surface area contributed by atoms with Gasteiger partial charge in [-0.05, 0) is 55.8 Å². The summed E-state index contributed by atoms with van der Waals surface area (Å²) in [6.45, 7) is 2.63. The highest BCUT2D eigenvalue weighted by Gasteiger charge is 2.16. The zero-order valence-corrected chi connectivity index (χ0v) is 18.4. The number of nitrogens with one attached hydrogen (secondary N) is 4. The summed E-state index contributed by atoms with van der Waals surface area (Å²) in [5.41, 5.74) is 3.40. The van der Waals surface area contributed by atoms with Crippen LogP contribution in [0.2, 0.25) is 0 Å². The first-order valence-electron chi connectivity index (χ1n) is 11.1. The first-order chi connectivity index (χ1) is 15.3. The highest BCUT2D eigenvalue weighted by atomic mass is 32.1. The lowest BCUT2D eigenvalue weighted by Gasteiger charge is -2.21. The molecule has 7 nitrogen and oxygen atoms in total. The summed E-state index contributed by atoms with van der Waals surface area (Å²) < 4.78 is 0. The highest BCUT2D eigenvalue weighted by Crippen LogP contribution is 2.26. The fourth-order valence-corrected chi connectivity index (χ4v) is 5.22. The van der Waals surface area contributed by atoms with E-state index in [0.29, 0.717) is 17.9 Å². The van der Waals surface area contributed by atoms with Crippen LogP contribution < -0.4 is 16.2 Å². The van der Waals surface area contributed by atoms with E-state index in [4.69, 9.17) is 4.98 Å². The maximum atomic E-state index is 12.4. The lowest BCUT2D eigenvalue weighted by atomic mass is 9.89. The van der Waals surface area contributed by atoms with Crippen molar-refractivity contribution in [2.45, 2.75) is 45.1 Å². The minimum atomic E-state index is -0.119. The third-order valence-electron chi connectivity index (χ3n) is 6.20. The van der Waals surface area contributed by atoms with E-state index in [9.17, 15) is 4.79 Å². The molecule has 1 aliphatic rings. The predicted octanol–water partition coefficient (Wildman–Crippen LogP) is 4.19. The average molecular weight is 437 g/mol. The Bertz CT molecular complexity index is 1210. The van der Waals surface area contributed by atoms with Crippen molar-refractivity contribution in [1.82, 2.24) is 25.3 Å². The molecule has 4 N–H and O–H groups in total. The summed E-state index contributed by atoms with van der Waals surface area (Å²) in [5, 5.41) is 9.67. The van der Waals surface area contributed by atoms with Crippen LogP contribution in [0, 0.1) is 5.92 Å². The minimum absolute atomic E-state index is 0.119. The Morgan fingerprint density at radius 1 is 1.19 bits per heavy atom. The number of rotatable bonds is 8. The van der Waals surface area contributed by atoms with Gasteiger partial charge in [0.2, 0.25) is 5.95 Å². The van der Waals surface area contributed by atoms with Gasteiger partial charge in [0.15, 0.2) is 0 Å². The number of fused-ring (bicyclic) bond motifs is 2. The summed E-state index contributed by atoms with van der Waals surface area (Å²) >= 11 is 1.71. The van der Waals surface area contributed by atoms with Crippen LogP contribution in [0.1, 0.15) is 42.5 Å². The normalized spacial score (nSPS) is 15.1. The van der Waals surface area contributed by atoms with Crippen LogP contribution in [0.4, 0.5) is 5.95 Å². The zero-order chi connectivity index (χ0) is 21.0. The second-order valence-corrected chi connectivity index (χ2v) is 9.39. The zero-order valence-electron chi connectivity index (χ0n) is 17.5. The van der Waals surface area contributed by atoms with Crippen LogP contribution in [0.25, 0.3) is 21.9 Å². The van der Waals surface area contributed by atoms with E-state index < -0.39 is 0 Å². The Balaban J connectivity index is 1.39. The van der Waals surface area contributed by atoms with Gasteiger partial charge in [-0.15, -0.1) is 11.3 Å². The summed E-state index contributed by atoms with van der Waals surface area (Å²) in [6, 6.07) is 6.00. The second-order valence-electron chi connectivity index (χ2n) is 8.36. The van der Waals surface area contributed by atoms with E-state index in [2.05, 4.69) is 37.0 Å². The first-order valence-corrected chi connectivity index (χ1v) is 12.0. The maximum absolute atomic E-state index is 12.4. The number of anilines is 1. The van der Waals surface area contributed by atoms with Crippen molar-refractivity contribution in [2.24, 2.45) is 5.92 Å². The van der Waals surface area contributed by atoms with Gasteiger partial charge in [0.05, 0.1) is 34.8 Å². The van der Waals surface area contributed by atoms with E-state index in [1.54, 1.807) is 11.3 Å². The second kappa shape index (κ2) is 9.20. The quantitative estimate of drug-likeness (QED) is 0.311. The lowest BCUT2D eigenvalue weighted by molar-refractivity contribution is 0.343. The molecule has 0 spiro atoms. The molecule has 1 fully saturated rings. The molecule has 0 radical (unpaired) electrons. The van der Waals surface area contributed by atoms with Gasteiger partial charge in [0.25, 0.3) is 5.56 Å². The molecule has 162 valence electrons. The molecule has 0 bridgehead atoms. The molecule has 0 atom stereocenters. The van der Waals surface area contributed by atoms with Crippen molar-refractivity contribution < 1.29 is 0 Å². The Morgan fingerprint density at radius 2 is 2.10 bits per heavy atom. The molecule has 0 aliphatic heterocycles. The van der Waals surface area contributed by atoms with Gasteiger partial charge in [0, 0.05) is 10.4 Å². The highest BCUT2D eigenvalue weighted by molar-refractivity contribution is 7.09. The van der Waals surface area contributed by atoms with Crippen molar-refractivity contribution in [3.8, 4) is 0 Å². The molecular formula is C23H28N6OS. The number of thiophene rings is 1. The first kappa shape index (κ1) is 20.2. The average Bonchev–Trinajstić information content (AvgIpc) is 3.45. The molecule has 1 saturated carbocycles. The van der Waals surface area contributed by atoms with Crippen molar-refractivity contribution in [2.75, 3.05) is 18.4 Å². The number of aromatic nitrogens is 4. The predicted molar refractivity (Wildman–Crippen MR) is 127 cm³/mol. The van der Waals surface area contributed by atoms with Gasteiger partial charge in [0.1, 0.15) is 0 Å². The Labute approximate surface area is 184 Å². The van der Waals surface area contributed by atoms with E-state index in [-0.39, 0.29) is 5.56 Å². The summed E-state index contributed by atoms with van der Waals surface area (Å²) in [4.78, 5) is 29.0. The van der Waals surface area contributed by atoms with Crippen LogP contribution in [-0.4, -0.2) is 33.0 Å². The van der Waals surface area contributed by atoms with Crippen molar-refractivity contribution in [1.29, 1.82) is 0 Å². The molecule has 1 aromatic carbocycles. The third kappa shape index (κ3) is 4.50. The monoisotopic (exact) mass is 436 g/mol. The number of hydrogen-bond donors (Lipinski definition) is 4. The van der Waals surface area contributed by atoms with Gasteiger partial charge in [-0.3, -0.25) is 4.79 Å². The SMILES string of the molecule is O=c1[nH]cnc2c(CCNCC3CCCCC3)c3nc(NCc4cccs4)[nH]c3cc12. The smallest absolute Gasteiger partial charge is 0.258 e. The van der Waals surface area contributed by atoms with Gasteiger partial charge in [-0.1, -0.05) is 25.3 Å².